The van der Waals surface area contributed by atoms with E-state index >= 15 is 0 Å². The van der Waals surface area contributed by atoms with Crippen molar-refractivity contribution in [2.75, 3.05) is 10.2 Å². The predicted octanol–water partition coefficient (Wildman–Crippen LogP) is 5.41. The summed E-state index contributed by atoms with van der Waals surface area (Å²) < 4.78 is 0. The van der Waals surface area contributed by atoms with E-state index in [-0.39, 0.29) is 17.3 Å². The van der Waals surface area contributed by atoms with Gasteiger partial charge in [0.25, 0.3) is 0 Å². The average Bonchev–Trinajstić information content (AvgIpc) is 3.11. The van der Waals surface area contributed by atoms with Crippen molar-refractivity contribution in [2.24, 2.45) is 0 Å². The standard InChI is InChI=1S/C23H22N6O2S/c1-16-17(2)32-23(26-16)27-21-20(29(30)31)22(25-15-24-21)28(13-18-9-5-3-6-10-18)14-19-11-7-4-8-12-19/h3-12,15H,13-14H2,1-2H3,(H,24,25,26,27). The minimum atomic E-state index is -0.437. The lowest BCUT2D eigenvalue weighted by atomic mass is 10.1. The summed E-state index contributed by atoms with van der Waals surface area (Å²) in [5.74, 6) is 0.380. The molecule has 32 heavy (non-hydrogen) atoms. The van der Waals surface area contributed by atoms with Crippen molar-refractivity contribution >= 4 is 33.8 Å². The maximum atomic E-state index is 12.2. The molecule has 0 aliphatic rings. The molecule has 0 bridgehead atoms. The zero-order valence-electron chi connectivity index (χ0n) is 17.7. The van der Waals surface area contributed by atoms with Crippen LogP contribution in [0, 0.1) is 24.0 Å². The number of hydrogen-bond donors (Lipinski definition) is 1. The van der Waals surface area contributed by atoms with Crippen molar-refractivity contribution in [3.05, 3.63) is 98.8 Å². The van der Waals surface area contributed by atoms with Crippen LogP contribution in [0.1, 0.15) is 21.7 Å². The molecule has 0 saturated heterocycles. The third-order valence-corrected chi connectivity index (χ3v) is 5.96. The van der Waals surface area contributed by atoms with Gasteiger partial charge in [-0.15, -0.1) is 11.3 Å². The second-order valence-corrected chi connectivity index (χ2v) is 8.47. The minimum Gasteiger partial charge on any atom is -0.342 e. The maximum absolute atomic E-state index is 12.2. The molecule has 2 aromatic heterocycles. The van der Waals surface area contributed by atoms with Crippen LogP contribution in [0.15, 0.2) is 67.0 Å². The Hall–Kier alpha value is -3.85. The van der Waals surface area contributed by atoms with Crippen LogP contribution < -0.4 is 10.2 Å². The first-order chi connectivity index (χ1) is 15.5. The molecule has 0 spiro atoms. The highest BCUT2D eigenvalue weighted by molar-refractivity contribution is 7.15. The molecule has 8 nitrogen and oxygen atoms in total. The van der Waals surface area contributed by atoms with E-state index in [9.17, 15) is 10.1 Å². The molecule has 0 aliphatic heterocycles. The zero-order chi connectivity index (χ0) is 22.5. The van der Waals surface area contributed by atoms with Crippen LogP contribution >= 0.6 is 11.3 Å². The Morgan fingerprint density at radius 1 is 0.969 bits per heavy atom. The van der Waals surface area contributed by atoms with Gasteiger partial charge < -0.3 is 10.2 Å². The van der Waals surface area contributed by atoms with Gasteiger partial charge in [0, 0.05) is 18.0 Å². The Morgan fingerprint density at radius 3 is 2.06 bits per heavy atom. The van der Waals surface area contributed by atoms with Gasteiger partial charge in [-0.1, -0.05) is 60.7 Å². The quantitative estimate of drug-likeness (QED) is 0.285. The largest absolute Gasteiger partial charge is 0.353 e. The first-order valence-corrected chi connectivity index (χ1v) is 10.9. The monoisotopic (exact) mass is 446 g/mol. The van der Waals surface area contributed by atoms with Crippen molar-refractivity contribution in [3.63, 3.8) is 0 Å². The lowest BCUT2D eigenvalue weighted by Crippen LogP contribution is -2.24. The van der Waals surface area contributed by atoms with E-state index in [1.165, 1.54) is 17.7 Å². The number of aryl methyl sites for hydroxylation is 2. The summed E-state index contributed by atoms with van der Waals surface area (Å²) in [4.78, 5) is 27.6. The summed E-state index contributed by atoms with van der Waals surface area (Å²) in [5.41, 5.74) is 2.75. The summed E-state index contributed by atoms with van der Waals surface area (Å²) in [5, 5.41) is 15.7. The molecule has 2 heterocycles. The molecule has 0 aliphatic carbocycles. The number of rotatable bonds is 8. The Bertz CT molecular complexity index is 1150. The zero-order valence-corrected chi connectivity index (χ0v) is 18.5. The molecule has 0 atom stereocenters. The summed E-state index contributed by atoms with van der Waals surface area (Å²) in [6.07, 6.45) is 1.35. The SMILES string of the molecule is Cc1nc(Nc2ncnc(N(Cc3ccccc3)Cc3ccccc3)c2[N+](=O)[O-])sc1C. The van der Waals surface area contributed by atoms with Crippen molar-refractivity contribution in [2.45, 2.75) is 26.9 Å². The normalized spacial score (nSPS) is 10.7. The highest BCUT2D eigenvalue weighted by atomic mass is 32.1. The lowest BCUT2D eigenvalue weighted by Gasteiger charge is -2.24. The van der Waals surface area contributed by atoms with Crippen LogP contribution in [-0.4, -0.2) is 19.9 Å². The molecule has 4 aromatic rings. The first-order valence-electron chi connectivity index (χ1n) is 10.0. The van der Waals surface area contributed by atoms with Gasteiger partial charge in [-0.25, -0.2) is 15.0 Å². The van der Waals surface area contributed by atoms with Gasteiger partial charge in [0.1, 0.15) is 6.33 Å². The van der Waals surface area contributed by atoms with E-state index in [0.717, 1.165) is 21.7 Å². The number of anilines is 3. The molecule has 162 valence electrons. The molecule has 2 aromatic carbocycles. The van der Waals surface area contributed by atoms with E-state index < -0.39 is 4.92 Å². The molecule has 0 fully saturated rings. The maximum Gasteiger partial charge on any atom is 0.353 e. The fraction of sp³-hybridized carbons (Fsp3) is 0.174. The van der Waals surface area contributed by atoms with E-state index in [1.54, 1.807) is 0 Å². The molecule has 0 unspecified atom stereocenters. The minimum absolute atomic E-state index is 0.125. The van der Waals surface area contributed by atoms with Gasteiger partial charge in [0.15, 0.2) is 5.13 Å². The highest BCUT2D eigenvalue weighted by Crippen LogP contribution is 2.36. The van der Waals surface area contributed by atoms with Crippen molar-refractivity contribution in [1.29, 1.82) is 0 Å². The summed E-state index contributed by atoms with van der Waals surface area (Å²) in [6, 6.07) is 19.6. The second-order valence-electron chi connectivity index (χ2n) is 7.26. The van der Waals surface area contributed by atoms with Crippen LogP contribution in [-0.2, 0) is 13.1 Å². The van der Waals surface area contributed by atoms with Crippen LogP contribution in [0.5, 0.6) is 0 Å². The molecule has 9 heteroatoms. The predicted molar refractivity (Wildman–Crippen MR) is 126 cm³/mol. The average molecular weight is 447 g/mol. The smallest absolute Gasteiger partial charge is 0.342 e. The van der Waals surface area contributed by atoms with Gasteiger partial charge in [-0.05, 0) is 25.0 Å². The fourth-order valence-electron chi connectivity index (χ4n) is 3.30. The van der Waals surface area contributed by atoms with Crippen LogP contribution in [0.4, 0.5) is 22.5 Å². The number of thiazole rings is 1. The van der Waals surface area contributed by atoms with Crippen LogP contribution in [0.2, 0.25) is 0 Å². The Balaban J connectivity index is 1.75. The Kier molecular flexibility index (Phi) is 6.37. The summed E-state index contributed by atoms with van der Waals surface area (Å²) >= 11 is 1.43. The topological polar surface area (TPSA) is 97.1 Å². The number of nitrogens with one attached hydrogen (secondary N) is 1. The number of nitrogens with zero attached hydrogens (tertiary/aromatic N) is 5. The van der Waals surface area contributed by atoms with E-state index in [1.807, 2.05) is 79.4 Å². The number of nitro groups is 1. The molecule has 1 N–H and O–H groups in total. The second kappa shape index (κ2) is 9.52. The van der Waals surface area contributed by atoms with E-state index in [0.29, 0.717) is 18.2 Å². The van der Waals surface area contributed by atoms with Crippen LogP contribution in [0.3, 0.4) is 0 Å². The Morgan fingerprint density at radius 2 is 1.56 bits per heavy atom. The first kappa shape index (κ1) is 21.4. The van der Waals surface area contributed by atoms with Crippen LogP contribution in [0.25, 0.3) is 0 Å². The summed E-state index contributed by atoms with van der Waals surface area (Å²) in [7, 11) is 0. The molecule has 0 amide bonds. The third-order valence-electron chi connectivity index (χ3n) is 4.97. The van der Waals surface area contributed by atoms with E-state index in [4.69, 9.17) is 0 Å². The van der Waals surface area contributed by atoms with Crippen molar-refractivity contribution in [3.8, 4) is 0 Å². The van der Waals surface area contributed by atoms with Gasteiger partial charge in [0.05, 0.1) is 10.6 Å². The molecule has 0 radical (unpaired) electrons. The van der Waals surface area contributed by atoms with Gasteiger partial charge in [0.2, 0.25) is 11.6 Å². The van der Waals surface area contributed by atoms with Gasteiger partial charge in [-0.3, -0.25) is 10.1 Å². The van der Waals surface area contributed by atoms with E-state index in [2.05, 4.69) is 20.3 Å². The number of hydrogen-bond acceptors (Lipinski definition) is 8. The fourth-order valence-corrected chi connectivity index (χ4v) is 4.11. The molecular weight excluding hydrogens is 424 g/mol. The number of benzene rings is 2. The van der Waals surface area contributed by atoms with Crippen molar-refractivity contribution < 1.29 is 4.92 Å². The Labute approximate surface area is 189 Å². The number of aromatic nitrogens is 3. The lowest BCUT2D eigenvalue weighted by molar-refractivity contribution is -0.383. The van der Waals surface area contributed by atoms with Gasteiger partial charge >= 0.3 is 5.69 Å². The molecular formula is C23H22N6O2S. The molecule has 0 saturated carbocycles. The van der Waals surface area contributed by atoms with Crippen molar-refractivity contribution in [1.82, 2.24) is 15.0 Å². The highest BCUT2D eigenvalue weighted by Gasteiger charge is 2.28. The molecule has 4 rings (SSSR count). The summed E-state index contributed by atoms with van der Waals surface area (Å²) in [6.45, 7) is 4.78. The van der Waals surface area contributed by atoms with Gasteiger partial charge in [-0.2, -0.15) is 0 Å². The third kappa shape index (κ3) is 4.89.